The number of thioether (sulfide) groups is 1. The molecule has 1 amide bonds. The lowest BCUT2D eigenvalue weighted by atomic mass is 10.00. The third kappa shape index (κ3) is 4.50. The van der Waals surface area contributed by atoms with Crippen LogP contribution in [0, 0.1) is 0 Å². The molecule has 0 spiro atoms. The second kappa shape index (κ2) is 7.17. The normalized spacial score (nSPS) is 13.6. The topological polar surface area (TPSA) is 67.2 Å². The molecule has 2 rings (SSSR count). The smallest absolute Gasteiger partial charge is 0.230 e. The number of amides is 1. The quantitative estimate of drug-likeness (QED) is 0.792. The van der Waals surface area contributed by atoms with Crippen LogP contribution in [0.3, 0.4) is 0 Å². The molecule has 1 unspecified atom stereocenters. The molecule has 5 nitrogen and oxygen atoms in total. The lowest BCUT2D eigenvalue weighted by Crippen LogP contribution is -2.39. The Labute approximate surface area is 138 Å². The first kappa shape index (κ1) is 16.9. The Balaban J connectivity index is 1.84. The fourth-order valence-electron chi connectivity index (χ4n) is 1.83. The summed E-state index contributed by atoms with van der Waals surface area (Å²) in [5.74, 6) is 0.0847. The van der Waals surface area contributed by atoms with E-state index in [-0.39, 0.29) is 18.2 Å². The first-order chi connectivity index (χ1) is 10.4. The maximum absolute atomic E-state index is 11.9. The number of aliphatic hydroxyl groups is 1. The highest BCUT2D eigenvalue weighted by molar-refractivity contribution is 8.00. The molecule has 0 bridgehead atoms. The second-order valence-electron chi connectivity index (χ2n) is 5.17. The third-order valence-electron chi connectivity index (χ3n) is 3.15. The van der Waals surface area contributed by atoms with Crippen LogP contribution in [-0.4, -0.2) is 33.1 Å². The van der Waals surface area contributed by atoms with Crippen molar-refractivity contribution in [3.63, 3.8) is 0 Å². The van der Waals surface area contributed by atoms with Gasteiger partial charge in [0, 0.05) is 23.7 Å². The van der Waals surface area contributed by atoms with E-state index in [2.05, 4.69) is 10.4 Å². The van der Waals surface area contributed by atoms with Crippen molar-refractivity contribution in [2.24, 2.45) is 7.05 Å². The molecule has 22 heavy (non-hydrogen) atoms. The lowest BCUT2D eigenvalue weighted by Gasteiger charge is -2.22. The SMILES string of the molecule is Cn1cc(C(C)(O)CNC(=O)CSc2ccccc2Cl)cn1. The van der Waals surface area contributed by atoms with Crippen molar-refractivity contribution in [1.82, 2.24) is 15.1 Å². The van der Waals surface area contributed by atoms with Crippen LogP contribution in [0.2, 0.25) is 5.02 Å². The highest BCUT2D eigenvalue weighted by Crippen LogP contribution is 2.26. The van der Waals surface area contributed by atoms with Gasteiger partial charge >= 0.3 is 0 Å². The summed E-state index contributed by atoms with van der Waals surface area (Å²) in [4.78, 5) is 12.8. The maximum Gasteiger partial charge on any atom is 0.230 e. The Morgan fingerprint density at radius 2 is 2.23 bits per heavy atom. The van der Waals surface area contributed by atoms with Gasteiger partial charge in [-0.3, -0.25) is 9.48 Å². The number of carbonyl (C=O) groups is 1. The molecule has 0 saturated heterocycles. The van der Waals surface area contributed by atoms with Crippen molar-refractivity contribution in [2.45, 2.75) is 17.4 Å². The number of carbonyl (C=O) groups excluding carboxylic acids is 1. The van der Waals surface area contributed by atoms with Crippen LogP contribution in [0.1, 0.15) is 12.5 Å². The number of aromatic nitrogens is 2. The van der Waals surface area contributed by atoms with Gasteiger partial charge in [-0.1, -0.05) is 23.7 Å². The number of benzene rings is 1. The highest BCUT2D eigenvalue weighted by atomic mass is 35.5. The second-order valence-corrected chi connectivity index (χ2v) is 6.60. The molecule has 0 aliphatic heterocycles. The van der Waals surface area contributed by atoms with E-state index in [1.807, 2.05) is 18.2 Å². The third-order valence-corrected chi connectivity index (χ3v) is 4.67. The molecular weight excluding hydrogens is 322 g/mol. The highest BCUT2D eigenvalue weighted by Gasteiger charge is 2.25. The van der Waals surface area contributed by atoms with Crippen molar-refractivity contribution < 1.29 is 9.90 Å². The number of aryl methyl sites for hydroxylation is 1. The summed E-state index contributed by atoms with van der Waals surface area (Å²) in [6.45, 7) is 1.77. The molecule has 0 aliphatic carbocycles. The van der Waals surface area contributed by atoms with Gasteiger partial charge in [-0.25, -0.2) is 0 Å². The first-order valence-corrected chi connectivity index (χ1v) is 8.10. The van der Waals surface area contributed by atoms with Gasteiger partial charge in [-0.05, 0) is 19.1 Å². The van der Waals surface area contributed by atoms with E-state index in [4.69, 9.17) is 11.6 Å². The van der Waals surface area contributed by atoms with Crippen LogP contribution in [0.25, 0.3) is 0 Å². The minimum absolute atomic E-state index is 0.126. The fraction of sp³-hybridized carbons (Fsp3) is 0.333. The number of nitrogens with zero attached hydrogens (tertiary/aromatic N) is 2. The summed E-state index contributed by atoms with van der Waals surface area (Å²) >= 11 is 7.40. The standard InChI is InChI=1S/C15H18ClN3O2S/c1-15(21,11-7-18-19(2)8-11)10-17-14(20)9-22-13-6-4-3-5-12(13)16/h3-8,21H,9-10H2,1-2H3,(H,17,20). The van der Waals surface area contributed by atoms with E-state index in [1.165, 1.54) is 11.8 Å². The number of halogens is 1. The minimum Gasteiger partial charge on any atom is -0.383 e. The van der Waals surface area contributed by atoms with Gasteiger partial charge in [0.2, 0.25) is 5.91 Å². The van der Waals surface area contributed by atoms with Gasteiger partial charge < -0.3 is 10.4 Å². The zero-order valence-corrected chi connectivity index (χ0v) is 14.0. The molecule has 0 aliphatic rings. The van der Waals surface area contributed by atoms with E-state index < -0.39 is 5.60 Å². The van der Waals surface area contributed by atoms with Gasteiger partial charge in [0.15, 0.2) is 0 Å². The van der Waals surface area contributed by atoms with Crippen LogP contribution >= 0.6 is 23.4 Å². The van der Waals surface area contributed by atoms with Gasteiger partial charge in [0.25, 0.3) is 0 Å². The zero-order valence-electron chi connectivity index (χ0n) is 12.4. The number of hydrogen-bond acceptors (Lipinski definition) is 4. The average molecular weight is 340 g/mol. The maximum atomic E-state index is 11.9. The van der Waals surface area contributed by atoms with E-state index in [0.29, 0.717) is 10.6 Å². The van der Waals surface area contributed by atoms with Crippen LogP contribution in [0.15, 0.2) is 41.6 Å². The summed E-state index contributed by atoms with van der Waals surface area (Å²) < 4.78 is 1.61. The summed E-state index contributed by atoms with van der Waals surface area (Å²) in [6.07, 6.45) is 3.31. The Kier molecular flexibility index (Phi) is 5.50. The van der Waals surface area contributed by atoms with Crippen LogP contribution in [-0.2, 0) is 17.4 Å². The molecule has 2 aromatic rings. The monoisotopic (exact) mass is 339 g/mol. The van der Waals surface area contributed by atoms with Gasteiger partial charge in [-0.15, -0.1) is 11.8 Å². The zero-order chi connectivity index (χ0) is 16.2. The number of hydrogen-bond donors (Lipinski definition) is 2. The van der Waals surface area contributed by atoms with Crippen LogP contribution < -0.4 is 5.32 Å². The summed E-state index contributed by atoms with van der Waals surface area (Å²) in [6, 6.07) is 7.37. The van der Waals surface area contributed by atoms with E-state index in [0.717, 1.165) is 4.90 Å². The van der Waals surface area contributed by atoms with E-state index in [9.17, 15) is 9.90 Å². The predicted molar refractivity (Wildman–Crippen MR) is 88.0 cm³/mol. The minimum atomic E-state index is -1.15. The molecular formula is C15H18ClN3O2S. The molecule has 0 saturated carbocycles. The number of nitrogens with one attached hydrogen (secondary N) is 1. The van der Waals surface area contributed by atoms with Crippen LogP contribution in [0.5, 0.6) is 0 Å². The van der Waals surface area contributed by atoms with Crippen molar-refractivity contribution in [1.29, 1.82) is 0 Å². The Morgan fingerprint density at radius 1 is 1.50 bits per heavy atom. The largest absolute Gasteiger partial charge is 0.383 e. The van der Waals surface area contributed by atoms with E-state index >= 15 is 0 Å². The molecule has 1 aromatic carbocycles. The van der Waals surface area contributed by atoms with Crippen molar-refractivity contribution in [2.75, 3.05) is 12.3 Å². The molecule has 7 heteroatoms. The Bertz CT molecular complexity index is 658. The lowest BCUT2D eigenvalue weighted by molar-refractivity contribution is -0.119. The van der Waals surface area contributed by atoms with Crippen LogP contribution in [0.4, 0.5) is 0 Å². The fourth-order valence-corrected chi connectivity index (χ4v) is 2.90. The van der Waals surface area contributed by atoms with Gasteiger partial charge in [0.05, 0.1) is 23.5 Å². The summed E-state index contributed by atoms with van der Waals surface area (Å²) in [5, 5.41) is 17.8. The van der Waals surface area contributed by atoms with Gasteiger partial charge in [0.1, 0.15) is 5.60 Å². The number of rotatable bonds is 6. The molecule has 0 radical (unpaired) electrons. The van der Waals surface area contributed by atoms with Crippen molar-refractivity contribution in [3.05, 3.63) is 47.2 Å². The Hall–Kier alpha value is -1.50. The first-order valence-electron chi connectivity index (χ1n) is 6.74. The average Bonchev–Trinajstić information content (AvgIpc) is 2.92. The molecule has 1 heterocycles. The van der Waals surface area contributed by atoms with Gasteiger partial charge in [-0.2, -0.15) is 5.10 Å². The van der Waals surface area contributed by atoms with E-state index in [1.54, 1.807) is 37.1 Å². The molecule has 118 valence electrons. The van der Waals surface area contributed by atoms with Crippen molar-refractivity contribution >= 4 is 29.3 Å². The Morgan fingerprint density at radius 3 is 2.86 bits per heavy atom. The van der Waals surface area contributed by atoms with Crippen molar-refractivity contribution in [3.8, 4) is 0 Å². The molecule has 2 N–H and O–H groups in total. The molecule has 0 fully saturated rings. The summed E-state index contributed by atoms with van der Waals surface area (Å²) in [5.41, 5.74) is -0.493. The molecule has 1 aromatic heterocycles. The molecule has 1 atom stereocenters. The predicted octanol–water partition coefficient (Wildman–Crippen LogP) is 2.19. The summed E-state index contributed by atoms with van der Waals surface area (Å²) in [7, 11) is 1.78.